The van der Waals surface area contributed by atoms with Gasteiger partial charge in [0, 0.05) is 68.6 Å². The number of hydrogen-bond donors (Lipinski definition) is 2. The normalized spacial score (nSPS) is 22.2. The minimum Gasteiger partial charge on any atom is -0.446 e. The monoisotopic (exact) mass is 611 g/mol. The molecular weight excluding hydrogens is 569 g/mol. The van der Waals surface area contributed by atoms with Crippen LogP contribution >= 0.6 is 0 Å². The number of aromatic nitrogens is 2. The number of nitrogens with one attached hydrogen (secondary N) is 2. The highest BCUT2D eigenvalue weighted by molar-refractivity contribution is 5.67. The van der Waals surface area contributed by atoms with E-state index in [0.29, 0.717) is 24.0 Å². The number of rotatable bonds is 10. The zero-order valence-electron chi connectivity index (χ0n) is 25.9. The molecule has 3 fully saturated rings. The number of benzene rings is 2. The lowest BCUT2D eigenvalue weighted by Crippen LogP contribution is -2.56. The van der Waals surface area contributed by atoms with Crippen molar-refractivity contribution in [1.82, 2.24) is 20.2 Å². The molecular formula is C35H42FN7O2. The van der Waals surface area contributed by atoms with Crippen molar-refractivity contribution >= 4 is 17.7 Å². The molecule has 0 spiro atoms. The number of likely N-dealkylation sites (tertiary alicyclic amines) is 1. The first-order valence-corrected chi connectivity index (χ1v) is 16.1. The van der Waals surface area contributed by atoms with Crippen LogP contribution in [0.15, 0.2) is 67.0 Å². The van der Waals surface area contributed by atoms with Gasteiger partial charge in [0.2, 0.25) is 5.95 Å². The van der Waals surface area contributed by atoms with E-state index >= 15 is 0 Å². The molecule has 3 aliphatic rings. The Kier molecular flexibility index (Phi) is 9.45. The number of hydrogen-bond acceptors (Lipinski definition) is 8. The summed E-state index contributed by atoms with van der Waals surface area (Å²) in [6, 6.07) is 18.8. The highest BCUT2D eigenvalue weighted by atomic mass is 19.1. The Morgan fingerprint density at radius 2 is 1.82 bits per heavy atom. The summed E-state index contributed by atoms with van der Waals surface area (Å²) in [7, 11) is 1.59. The zero-order valence-corrected chi connectivity index (χ0v) is 25.9. The molecule has 6 rings (SSSR count). The molecule has 2 saturated heterocycles. The van der Waals surface area contributed by atoms with E-state index in [2.05, 4.69) is 36.5 Å². The van der Waals surface area contributed by atoms with Crippen LogP contribution in [0.2, 0.25) is 0 Å². The SMILES string of the molecule is CNC(=O)O[C@H]1CCC[C@@H]1C(CNc1ncccn1)(c1cccc(F)c1)C1CCN(CC2CN(c3ccc(C#N)cc3)C2)CC1. The third kappa shape index (κ3) is 6.74. The van der Waals surface area contributed by atoms with E-state index in [1.54, 1.807) is 37.6 Å². The van der Waals surface area contributed by atoms with E-state index in [1.165, 1.54) is 11.8 Å². The van der Waals surface area contributed by atoms with E-state index in [4.69, 9.17) is 10.00 Å². The zero-order chi connectivity index (χ0) is 31.2. The van der Waals surface area contributed by atoms with Gasteiger partial charge in [-0.15, -0.1) is 0 Å². The third-order valence-corrected chi connectivity index (χ3v) is 10.2. The molecule has 1 saturated carbocycles. The Balaban J connectivity index is 1.21. The fourth-order valence-corrected chi connectivity index (χ4v) is 8.02. The number of halogens is 1. The maximum atomic E-state index is 15.0. The molecule has 0 bridgehead atoms. The maximum Gasteiger partial charge on any atom is 0.407 e. The molecule has 1 aliphatic carbocycles. The van der Waals surface area contributed by atoms with Gasteiger partial charge in [0.1, 0.15) is 11.9 Å². The third-order valence-electron chi connectivity index (χ3n) is 10.2. The van der Waals surface area contributed by atoms with Gasteiger partial charge in [-0.05, 0) is 99.1 Å². The smallest absolute Gasteiger partial charge is 0.407 e. The number of piperidine rings is 1. The van der Waals surface area contributed by atoms with Crippen molar-refractivity contribution in [2.24, 2.45) is 17.8 Å². The Morgan fingerprint density at radius 1 is 1.07 bits per heavy atom. The number of nitrogens with zero attached hydrogens (tertiary/aromatic N) is 5. The lowest BCUT2D eigenvalue weighted by Gasteiger charge is -2.51. The van der Waals surface area contributed by atoms with Crippen LogP contribution in [-0.4, -0.2) is 73.4 Å². The van der Waals surface area contributed by atoms with Crippen molar-refractivity contribution in [2.75, 3.05) is 56.5 Å². The van der Waals surface area contributed by atoms with Gasteiger partial charge in [-0.2, -0.15) is 5.26 Å². The number of nitriles is 1. The van der Waals surface area contributed by atoms with Gasteiger partial charge in [-0.3, -0.25) is 0 Å². The Hall–Kier alpha value is -4.23. The summed E-state index contributed by atoms with van der Waals surface area (Å²) in [5.41, 5.74) is 2.30. The first-order chi connectivity index (χ1) is 22.0. The van der Waals surface area contributed by atoms with E-state index in [0.717, 1.165) is 70.4 Å². The summed E-state index contributed by atoms with van der Waals surface area (Å²) < 4.78 is 20.9. The summed E-state index contributed by atoms with van der Waals surface area (Å²) in [6.07, 6.45) is 7.28. The summed E-state index contributed by atoms with van der Waals surface area (Å²) >= 11 is 0. The van der Waals surface area contributed by atoms with Crippen LogP contribution in [0.25, 0.3) is 0 Å². The first-order valence-electron chi connectivity index (χ1n) is 16.1. The molecule has 3 aromatic rings. The highest BCUT2D eigenvalue weighted by Gasteiger charge is 2.53. The van der Waals surface area contributed by atoms with Gasteiger partial charge in [-0.25, -0.2) is 19.2 Å². The molecule has 3 atom stereocenters. The summed E-state index contributed by atoms with van der Waals surface area (Å²) in [5, 5.41) is 15.2. The average Bonchev–Trinajstić information content (AvgIpc) is 3.52. The van der Waals surface area contributed by atoms with Gasteiger partial charge < -0.3 is 25.2 Å². The Labute approximate surface area is 264 Å². The molecule has 2 N–H and O–H groups in total. The molecule has 3 heterocycles. The lowest BCUT2D eigenvalue weighted by atomic mass is 9.58. The quantitative estimate of drug-likeness (QED) is 0.322. The minimum absolute atomic E-state index is 0.0111. The van der Waals surface area contributed by atoms with Gasteiger partial charge in [0.15, 0.2) is 0 Å². The summed E-state index contributed by atoms with van der Waals surface area (Å²) in [5.74, 6) is 1.12. The number of carbonyl (C=O) groups excluding carboxylic acids is 1. The van der Waals surface area contributed by atoms with Crippen LogP contribution in [-0.2, 0) is 10.2 Å². The second kappa shape index (κ2) is 13.8. The lowest BCUT2D eigenvalue weighted by molar-refractivity contribution is 0.0148. The van der Waals surface area contributed by atoms with Crippen molar-refractivity contribution in [2.45, 2.75) is 43.6 Å². The largest absolute Gasteiger partial charge is 0.446 e. The van der Waals surface area contributed by atoms with E-state index in [9.17, 15) is 9.18 Å². The van der Waals surface area contributed by atoms with Gasteiger partial charge in [-0.1, -0.05) is 12.1 Å². The number of carbonyl (C=O) groups is 1. The molecule has 2 aromatic carbocycles. The summed E-state index contributed by atoms with van der Waals surface area (Å²) in [4.78, 5) is 26.3. The number of alkyl carbamates (subject to hydrolysis) is 1. The van der Waals surface area contributed by atoms with E-state index in [-0.39, 0.29) is 23.8 Å². The Morgan fingerprint density at radius 3 is 2.51 bits per heavy atom. The molecule has 1 unspecified atom stereocenters. The highest BCUT2D eigenvalue weighted by Crippen LogP contribution is 2.51. The van der Waals surface area contributed by atoms with Crippen LogP contribution in [0.4, 0.5) is 20.8 Å². The van der Waals surface area contributed by atoms with Crippen molar-refractivity contribution in [3.05, 3.63) is 83.9 Å². The maximum absolute atomic E-state index is 15.0. The second-order valence-electron chi connectivity index (χ2n) is 12.7. The van der Waals surface area contributed by atoms with Crippen LogP contribution in [0.1, 0.15) is 43.2 Å². The molecule has 1 amide bonds. The van der Waals surface area contributed by atoms with Gasteiger partial charge in [0.05, 0.1) is 11.6 Å². The fourth-order valence-electron chi connectivity index (χ4n) is 8.02. The molecule has 1 aromatic heterocycles. The number of anilines is 2. The van der Waals surface area contributed by atoms with Crippen LogP contribution in [0.3, 0.4) is 0 Å². The standard InChI is InChI=1S/C35H42FN7O2/c1-38-34(44)45-32-8-3-7-31(32)35(28-5-2-6-29(36)19-28,24-41-33-39-15-4-16-40-33)27-13-17-42(18-14-27)21-26-22-43(23-26)30-11-9-25(20-37)10-12-30/h2,4-6,9-12,15-16,19,26-27,31-32H,3,7-8,13-14,17-18,21-24H2,1H3,(H,38,44)(H,39,40,41)/t31-,32-,35?/m0/s1. The average molecular weight is 612 g/mol. The van der Waals surface area contributed by atoms with Crippen molar-refractivity contribution in [3.63, 3.8) is 0 Å². The van der Waals surface area contributed by atoms with Crippen LogP contribution in [0, 0.1) is 34.9 Å². The van der Waals surface area contributed by atoms with Crippen molar-refractivity contribution in [3.8, 4) is 6.07 Å². The number of amides is 1. The number of ether oxygens (including phenoxy) is 1. The van der Waals surface area contributed by atoms with Crippen molar-refractivity contribution < 1.29 is 13.9 Å². The molecule has 9 nitrogen and oxygen atoms in total. The molecule has 10 heteroatoms. The molecule has 0 radical (unpaired) electrons. The van der Waals surface area contributed by atoms with Crippen molar-refractivity contribution in [1.29, 1.82) is 5.26 Å². The molecule has 2 aliphatic heterocycles. The van der Waals surface area contributed by atoms with Crippen LogP contribution < -0.4 is 15.5 Å². The first kappa shape index (κ1) is 30.8. The topological polar surface area (TPSA) is 106 Å². The van der Waals surface area contributed by atoms with Gasteiger partial charge in [0.25, 0.3) is 0 Å². The molecule has 236 valence electrons. The Bertz CT molecular complexity index is 1470. The summed E-state index contributed by atoms with van der Waals surface area (Å²) in [6.45, 7) is 5.52. The van der Waals surface area contributed by atoms with Gasteiger partial charge >= 0.3 is 6.09 Å². The predicted molar refractivity (Wildman–Crippen MR) is 171 cm³/mol. The fraction of sp³-hybridized carbons (Fsp3) is 0.486. The molecule has 45 heavy (non-hydrogen) atoms. The van der Waals surface area contributed by atoms with E-state index < -0.39 is 11.5 Å². The minimum atomic E-state index is -0.495. The predicted octanol–water partition coefficient (Wildman–Crippen LogP) is 5.21. The second-order valence-corrected chi connectivity index (χ2v) is 12.7. The van der Waals surface area contributed by atoms with E-state index in [1.807, 2.05) is 30.3 Å². The van der Waals surface area contributed by atoms with Crippen LogP contribution in [0.5, 0.6) is 0 Å².